The van der Waals surface area contributed by atoms with E-state index in [1.807, 2.05) is 0 Å². The molecule has 0 fully saturated rings. The van der Waals surface area contributed by atoms with Crippen molar-refractivity contribution in [2.75, 3.05) is 11.5 Å². The summed E-state index contributed by atoms with van der Waals surface area (Å²) in [5, 5.41) is 19.3. The van der Waals surface area contributed by atoms with Crippen molar-refractivity contribution in [2.24, 2.45) is 0 Å². The van der Waals surface area contributed by atoms with E-state index in [2.05, 4.69) is 0 Å². The minimum Gasteiger partial charge on any atom is -0.506 e. The van der Waals surface area contributed by atoms with E-state index in [1.165, 1.54) is 0 Å². The molecule has 0 amide bonds. The quantitative estimate of drug-likeness (QED) is 0.440. The minimum absolute atomic E-state index is 0.187. The molecule has 0 bridgehead atoms. The van der Waals surface area contributed by atoms with Crippen molar-refractivity contribution in [3.05, 3.63) is 35.4 Å². The second kappa shape index (κ2) is 4.37. The molecule has 1 aliphatic rings. The Morgan fingerprint density at radius 3 is 1.65 bits per heavy atom. The Morgan fingerprint density at radius 1 is 0.913 bits per heavy atom. The largest absolute Gasteiger partial charge is 0.506 e. The first-order chi connectivity index (χ1) is 10.6. The fourth-order valence-electron chi connectivity index (χ4n) is 2.69. The molecule has 2 aromatic carbocycles. The molecule has 0 saturated carbocycles. The molecule has 0 saturated heterocycles. The summed E-state index contributed by atoms with van der Waals surface area (Å²) in [6.07, 6.45) is -4.69. The van der Waals surface area contributed by atoms with Gasteiger partial charge in [-0.15, -0.1) is 0 Å². The van der Waals surface area contributed by atoms with Crippen molar-refractivity contribution < 1.29 is 28.1 Å². The van der Waals surface area contributed by atoms with E-state index >= 15 is 0 Å². The number of nitrogens with two attached hydrogens (primary N) is 2. The van der Waals surface area contributed by atoms with Crippen LogP contribution in [-0.4, -0.2) is 16.4 Å². The molecular weight excluding hydrogens is 313 g/mol. The molecule has 122 valence electrons. The summed E-state index contributed by atoms with van der Waals surface area (Å²) in [6, 6.07) is 4.10. The number of hydrogen-bond donors (Lipinski definition) is 4. The molecule has 0 spiro atoms. The summed E-state index contributed by atoms with van der Waals surface area (Å²) in [5.41, 5.74) is 7.76. The Kier molecular flexibility index (Phi) is 2.88. The van der Waals surface area contributed by atoms with Crippen LogP contribution in [0, 0.1) is 0 Å². The van der Waals surface area contributed by atoms with Crippen LogP contribution < -0.4 is 16.2 Å². The van der Waals surface area contributed by atoms with Gasteiger partial charge >= 0.3 is 6.18 Å². The number of phenols is 2. The van der Waals surface area contributed by atoms with Crippen LogP contribution in [0.1, 0.15) is 18.1 Å². The van der Waals surface area contributed by atoms with Crippen molar-refractivity contribution in [1.82, 2.24) is 0 Å². The number of ether oxygens (including phenoxy) is 1. The maximum absolute atomic E-state index is 13.9. The monoisotopic (exact) mass is 326 g/mol. The van der Waals surface area contributed by atoms with Gasteiger partial charge in [0.1, 0.15) is 28.4 Å². The highest BCUT2D eigenvalue weighted by Crippen LogP contribution is 2.57. The molecule has 0 unspecified atom stereocenters. The predicted octanol–water partition coefficient (Wildman–Crippen LogP) is 3.24. The van der Waals surface area contributed by atoms with Gasteiger partial charge in [0.2, 0.25) is 0 Å². The lowest BCUT2D eigenvalue weighted by Gasteiger charge is -2.39. The van der Waals surface area contributed by atoms with Gasteiger partial charge in [-0.2, -0.15) is 13.2 Å². The Balaban J connectivity index is 2.39. The normalized spacial score (nSPS) is 15.5. The predicted molar refractivity (Wildman–Crippen MR) is 77.6 cm³/mol. The smallest absolute Gasteiger partial charge is 0.402 e. The number of aromatic hydroxyl groups is 2. The third-order valence-corrected chi connectivity index (χ3v) is 4.12. The van der Waals surface area contributed by atoms with Gasteiger partial charge in [0.25, 0.3) is 0 Å². The average Bonchev–Trinajstić information content (AvgIpc) is 2.43. The summed E-state index contributed by atoms with van der Waals surface area (Å²) in [4.78, 5) is 0. The van der Waals surface area contributed by atoms with E-state index in [0.29, 0.717) is 0 Å². The number of alkyl halides is 3. The van der Waals surface area contributed by atoms with Crippen LogP contribution in [0.15, 0.2) is 24.3 Å². The average molecular weight is 326 g/mol. The first-order valence-electron chi connectivity index (χ1n) is 6.56. The van der Waals surface area contributed by atoms with Crippen molar-refractivity contribution in [3.63, 3.8) is 0 Å². The lowest BCUT2D eigenvalue weighted by Crippen LogP contribution is -2.42. The number of hydrogen-bond acceptors (Lipinski definition) is 5. The second-order valence-electron chi connectivity index (χ2n) is 5.54. The lowest BCUT2D eigenvalue weighted by molar-refractivity contribution is -0.174. The molecule has 1 heterocycles. The number of anilines is 2. The topological polar surface area (TPSA) is 102 Å². The van der Waals surface area contributed by atoms with E-state index in [-0.39, 0.29) is 34.0 Å². The van der Waals surface area contributed by atoms with Crippen LogP contribution in [0.4, 0.5) is 24.5 Å². The van der Waals surface area contributed by atoms with Crippen molar-refractivity contribution in [2.45, 2.75) is 18.5 Å². The number of phenolic OH excluding ortho intramolecular Hbond substituents is 2. The Hall–Kier alpha value is -2.77. The molecule has 5 nitrogen and oxygen atoms in total. The highest BCUT2D eigenvalue weighted by molar-refractivity contribution is 5.70. The van der Waals surface area contributed by atoms with Crippen LogP contribution in [0.5, 0.6) is 23.0 Å². The van der Waals surface area contributed by atoms with Gasteiger partial charge in [0.05, 0.1) is 11.4 Å². The van der Waals surface area contributed by atoms with Gasteiger partial charge in [-0.25, -0.2) is 0 Å². The molecule has 0 radical (unpaired) electrons. The number of nitrogen functional groups attached to an aromatic ring is 2. The number of rotatable bonds is 0. The Bertz CT molecular complexity index is 761. The van der Waals surface area contributed by atoms with Crippen LogP contribution in [-0.2, 0) is 5.41 Å². The molecular formula is C15H13F3N2O3. The van der Waals surface area contributed by atoms with E-state index in [9.17, 15) is 23.4 Å². The fraction of sp³-hybridized carbons (Fsp3) is 0.200. The van der Waals surface area contributed by atoms with Gasteiger partial charge in [-0.1, -0.05) is 0 Å². The maximum Gasteiger partial charge on any atom is 0.402 e. The van der Waals surface area contributed by atoms with Crippen LogP contribution in [0.2, 0.25) is 0 Å². The molecule has 6 N–H and O–H groups in total. The second-order valence-corrected chi connectivity index (χ2v) is 5.54. The van der Waals surface area contributed by atoms with Gasteiger partial charge in [0.15, 0.2) is 0 Å². The summed E-state index contributed by atoms with van der Waals surface area (Å²) < 4.78 is 47.1. The highest BCUT2D eigenvalue weighted by Gasteiger charge is 2.58. The first kappa shape index (κ1) is 15.1. The van der Waals surface area contributed by atoms with E-state index in [4.69, 9.17) is 16.2 Å². The van der Waals surface area contributed by atoms with Gasteiger partial charge in [-0.3, -0.25) is 0 Å². The Labute approximate surface area is 128 Å². The van der Waals surface area contributed by atoms with E-state index in [1.54, 1.807) is 0 Å². The molecule has 3 rings (SSSR count). The molecule has 2 aromatic rings. The maximum atomic E-state index is 13.9. The standard InChI is InChI=1S/C15H13F3N2O3/c1-14(15(16,17)18)6-2-8(19)10(21)4-12(6)23-13-5-11(22)9(20)3-7(13)14/h2-5,21-22H,19-20H2,1H3. The summed E-state index contributed by atoms with van der Waals surface area (Å²) >= 11 is 0. The highest BCUT2D eigenvalue weighted by atomic mass is 19.4. The number of fused-ring (bicyclic) bond motifs is 2. The third-order valence-electron chi connectivity index (χ3n) is 4.12. The number of benzene rings is 2. The summed E-state index contributed by atoms with van der Waals surface area (Å²) in [6.45, 7) is 0.972. The molecule has 23 heavy (non-hydrogen) atoms. The SMILES string of the molecule is CC1(C(F)(F)F)c2cc(N)c(O)cc2Oc2cc(O)c(N)cc21. The van der Waals surface area contributed by atoms with Gasteiger partial charge in [0, 0.05) is 23.3 Å². The van der Waals surface area contributed by atoms with Crippen molar-refractivity contribution in [3.8, 4) is 23.0 Å². The van der Waals surface area contributed by atoms with Gasteiger partial charge < -0.3 is 26.4 Å². The third kappa shape index (κ3) is 1.94. The first-order valence-corrected chi connectivity index (χ1v) is 6.56. The van der Waals surface area contributed by atoms with Crippen molar-refractivity contribution in [1.29, 1.82) is 0 Å². The van der Waals surface area contributed by atoms with Crippen LogP contribution in [0.3, 0.4) is 0 Å². The molecule has 1 aliphatic heterocycles. The zero-order chi connectivity index (χ0) is 17.2. The van der Waals surface area contributed by atoms with E-state index in [0.717, 1.165) is 31.2 Å². The molecule has 0 aliphatic carbocycles. The van der Waals surface area contributed by atoms with Crippen LogP contribution in [0.25, 0.3) is 0 Å². The Morgan fingerprint density at radius 2 is 1.30 bits per heavy atom. The lowest BCUT2D eigenvalue weighted by atomic mass is 9.73. The zero-order valence-corrected chi connectivity index (χ0v) is 11.9. The van der Waals surface area contributed by atoms with Crippen LogP contribution >= 0.6 is 0 Å². The minimum atomic E-state index is -4.69. The van der Waals surface area contributed by atoms with Crippen molar-refractivity contribution >= 4 is 11.4 Å². The summed E-state index contributed by atoms with van der Waals surface area (Å²) in [5.74, 6) is -1.16. The molecule has 8 heteroatoms. The fourth-order valence-corrected chi connectivity index (χ4v) is 2.69. The zero-order valence-electron chi connectivity index (χ0n) is 11.9. The summed E-state index contributed by atoms with van der Waals surface area (Å²) in [7, 11) is 0. The van der Waals surface area contributed by atoms with E-state index < -0.39 is 23.1 Å². The van der Waals surface area contributed by atoms with Gasteiger partial charge in [-0.05, 0) is 19.1 Å². The molecule has 0 atom stereocenters. The molecule has 0 aromatic heterocycles. The number of halogens is 3.